The molecule has 3 heterocycles. The maximum atomic E-state index is 4.52. The first-order chi connectivity index (χ1) is 11.9. The zero-order valence-electron chi connectivity index (χ0n) is 13.8. The number of quaternary nitrogens is 2. The van der Waals surface area contributed by atoms with E-state index in [1.165, 1.54) is 0 Å². The first-order valence-electron chi connectivity index (χ1n) is 7.85. The third-order valence-corrected chi connectivity index (χ3v) is 3.46. The molecule has 0 bridgehead atoms. The van der Waals surface area contributed by atoms with Gasteiger partial charge in [0.25, 0.3) is 0 Å². The summed E-state index contributed by atoms with van der Waals surface area (Å²) in [5, 5.41) is 37.7. The first-order valence-corrected chi connectivity index (χ1v) is 7.85. The third-order valence-electron chi connectivity index (χ3n) is 3.46. The molecule has 3 aliphatic rings. The van der Waals surface area contributed by atoms with Crippen LogP contribution in [0.25, 0.3) is 21.3 Å². The van der Waals surface area contributed by atoms with Crippen LogP contribution in [0.1, 0.15) is 0 Å². The van der Waals surface area contributed by atoms with Crippen LogP contribution in [0.4, 0.5) is 0 Å². The minimum atomic E-state index is 0. The van der Waals surface area contributed by atoms with Crippen LogP contribution in [-0.2, 0) is 16.5 Å². The van der Waals surface area contributed by atoms with E-state index < -0.39 is 0 Å². The van der Waals surface area contributed by atoms with Crippen LogP contribution in [0, 0.1) is 0 Å². The number of guanidine groups is 2. The van der Waals surface area contributed by atoms with E-state index in [0.29, 0.717) is 52.9 Å². The fraction of sp³-hybridized carbons (Fsp3) is 0.667. The Balaban J connectivity index is 0.00000225. The van der Waals surface area contributed by atoms with Gasteiger partial charge in [-0.05, 0) is 0 Å². The van der Waals surface area contributed by atoms with Crippen LogP contribution in [0.2, 0.25) is 0 Å². The van der Waals surface area contributed by atoms with Gasteiger partial charge >= 0.3 is 28.4 Å². The molecule has 1 saturated heterocycles. The van der Waals surface area contributed by atoms with E-state index in [2.05, 4.69) is 41.7 Å². The van der Waals surface area contributed by atoms with Crippen molar-refractivity contribution in [1.29, 1.82) is 0 Å². The van der Waals surface area contributed by atoms with Gasteiger partial charge in [-0.15, -0.1) is 0 Å². The normalized spacial score (nSPS) is 23.0. The molecular formula is C12H22N12Ni. The monoisotopic (exact) mass is 392 g/mol. The van der Waals surface area contributed by atoms with Gasteiger partial charge in [-0.2, -0.15) is 26.2 Å². The maximum Gasteiger partial charge on any atom is 2.00 e. The summed E-state index contributed by atoms with van der Waals surface area (Å²) in [6.07, 6.45) is 3.35. The summed E-state index contributed by atoms with van der Waals surface area (Å²) in [6, 6.07) is 0. The molecule has 140 valence electrons. The fourth-order valence-corrected chi connectivity index (χ4v) is 2.22. The molecule has 0 unspecified atom stereocenters. The van der Waals surface area contributed by atoms with E-state index in [1.54, 1.807) is 12.7 Å². The van der Waals surface area contributed by atoms with Crippen molar-refractivity contribution in [1.82, 2.24) is 9.80 Å². The Bertz CT molecular complexity index is 456. The van der Waals surface area contributed by atoms with Crippen LogP contribution in [-0.4, -0.2) is 87.2 Å². The van der Waals surface area contributed by atoms with Gasteiger partial charge in [0.1, 0.15) is 0 Å². The molecule has 1 fully saturated rings. The summed E-state index contributed by atoms with van der Waals surface area (Å²) in [5.74, 6) is 1.59. The third kappa shape index (κ3) is 6.40. The van der Waals surface area contributed by atoms with Crippen LogP contribution >= 0.6 is 0 Å². The maximum absolute atomic E-state index is 4.52. The summed E-state index contributed by atoms with van der Waals surface area (Å²) in [7, 11) is 0. The molecule has 0 aliphatic carbocycles. The van der Waals surface area contributed by atoms with Crippen molar-refractivity contribution in [2.45, 2.75) is 0 Å². The Labute approximate surface area is 156 Å². The Morgan fingerprint density at radius 1 is 0.680 bits per heavy atom. The molecule has 3 aliphatic heterocycles. The van der Waals surface area contributed by atoms with Crippen LogP contribution < -0.4 is 10.6 Å². The Morgan fingerprint density at radius 3 is 1.32 bits per heavy atom. The first kappa shape index (κ1) is 19.9. The van der Waals surface area contributed by atoms with Crippen molar-refractivity contribution < 1.29 is 27.1 Å². The number of nitrogens with two attached hydrogens (primary N) is 2. The number of nitrogens with zero attached hydrogens (tertiary/aromatic N) is 10. The molecule has 12 nitrogen and oxygen atoms in total. The fourth-order valence-electron chi connectivity index (χ4n) is 2.22. The second-order valence-electron chi connectivity index (χ2n) is 5.21. The average molecular weight is 393 g/mol. The minimum absolute atomic E-state index is 0. The zero-order valence-corrected chi connectivity index (χ0v) is 14.7. The van der Waals surface area contributed by atoms with Gasteiger partial charge in [0.05, 0.1) is 0 Å². The van der Waals surface area contributed by atoms with Crippen molar-refractivity contribution in [3.05, 3.63) is 21.3 Å². The van der Waals surface area contributed by atoms with E-state index in [4.69, 9.17) is 0 Å². The van der Waals surface area contributed by atoms with E-state index in [1.807, 2.05) is 20.4 Å². The minimum Gasteiger partial charge on any atom is -0.646 e. The van der Waals surface area contributed by atoms with E-state index in [-0.39, 0.29) is 16.5 Å². The summed E-state index contributed by atoms with van der Waals surface area (Å²) >= 11 is 0. The molecule has 4 N–H and O–H groups in total. The predicted octanol–water partition coefficient (Wildman–Crippen LogP) is -2.32. The summed E-state index contributed by atoms with van der Waals surface area (Å²) in [4.78, 5) is 3.98. The van der Waals surface area contributed by atoms with Gasteiger partial charge < -0.3 is 31.1 Å². The predicted molar refractivity (Wildman–Crippen MR) is 91.8 cm³/mol. The van der Waals surface area contributed by atoms with Gasteiger partial charge in [-0.1, -0.05) is 47.1 Å². The zero-order chi connectivity index (χ0) is 16.5. The van der Waals surface area contributed by atoms with E-state index in [9.17, 15) is 0 Å². The molecule has 0 spiro atoms. The number of hydrogen-bond acceptors (Lipinski definition) is 6. The molecule has 0 radical (unpaired) electrons. The van der Waals surface area contributed by atoms with Crippen molar-refractivity contribution >= 4 is 24.6 Å². The molecule has 3 rings (SSSR count). The Kier molecular flexibility index (Phi) is 8.90. The van der Waals surface area contributed by atoms with E-state index >= 15 is 0 Å². The largest absolute Gasteiger partial charge is 2.00 e. The van der Waals surface area contributed by atoms with Gasteiger partial charge in [-0.25, -0.2) is 10.6 Å². The molecule has 13 heteroatoms. The average Bonchev–Trinajstić information content (AvgIpc) is 3.30. The summed E-state index contributed by atoms with van der Waals surface area (Å²) in [5.41, 5.74) is 0. The summed E-state index contributed by atoms with van der Waals surface area (Å²) in [6.45, 7) is 4.76. The Hall–Kier alpha value is -1.47. The van der Waals surface area contributed by atoms with Crippen LogP contribution in [0.15, 0.2) is 20.4 Å². The van der Waals surface area contributed by atoms with Crippen molar-refractivity contribution in [2.24, 2.45) is 20.4 Å². The molecule has 25 heavy (non-hydrogen) atoms. The van der Waals surface area contributed by atoms with Crippen LogP contribution in [0.5, 0.6) is 0 Å². The van der Waals surface area contributed by atoms with Crippen molar-refractivity contribution in [2.75, 3.05) is 52.9 Å². The number of rotatable bonds is 0. The molecular weight excluding hydrogens is 371 g/mol. The molecule has 0 atom stereocenters. The SMILES string of the molecule is C1=NN=C(N2C[N-]CC[N-]CN(C3=NN=C[NH2+]3)C[N-]CC[N-]C2)[NH2+]1.[Ni+2]. The molecule has 0 aromatic carbocycles. The quantitative estimate of drug-likeness (QED) is 0.445. The molecule has 0 aromatic heterocycles. The van der Waals surface area contributed by atoms with Gasteiger partial charge in [-0.3, -0.25) is 0 Å². The second kappa shape index (κ2) is 11.2. The van der Waals surface area contributed by atoms with E-state index in [0.717, 1.165) is 11.9 Å². The van der Waals surface area contributed by atoms with Crippen molar-refractivity contribution in [3.8, 4) is 0 Å². The molecule has 0 aromatic rings. The van der Waals surface area contributed by atoms with Gasteiger partial charge in [0.2, 0.25) is 12.7 Å². The molecule has 0 amide bonds. The Morgan fingerprint density at radius 2 is 1.04 bits per heavy atom. The second-order valence-corrected chi connectivity index (χ2v) is 5.21. The van der Waals surface area contributed by atoms with Crippen molar-refractivity contribution in [3.63, 3.8) is 0 Å². The summed E-state index contributed by atoms with van der Waals surface area (Å²) < 4.78 is 0. The standard InChI is InChI=1S/C12H20N12.Ni/c1-2-14-8-24(12-18-6-20-22-12)10-16-4-3-15-9-23(7-13-1)11-17-5-19-21-11;/h5-6H,1-4,7-10H2,(H,17,19,21)(H,18,20,22);/q-4;+2/p+2. The molecule has 0 saturated carbocycles. The topological polar surface area (TPSA) is 146 Å². The number of hydrogen-bond donors (Lipinski definition) is 2. The van der Waals surface area contributed by atoms with Gasteiger partial charge in [0.15, 0.2) is 0 Å². The smallest absolute Gasteiger partial charge is 0.646 e. The van der Waals surface area contributed by atoms with Crippen LogP contribution in [0.3, 0.4) is 0 Å². The van der Waals surface area contributed by atoms with Gasteiger partial charge in [0, 0.05) is 0 Å².